The summed E-state index contributed by atoms with van der Waals surface area (Å²) in [5, 5.41) is 23.1. The first-order chi connectivity index (χ1) is 17.2. The monoisotopic (exact) mass is 496 g/mol. The molecule has 4 fully saturated rings. The fourth-order valence-electron chi connectivity index (χ4n) is 9.38. The van der Waals surface area contributed by atoms with Crippen molar-refractivity contribution in [3.05, 3.63) is 35.1 Å². The summed E-state index contributed by atoms with van der Waals surface area (Å²) in [6.07, 6.45) is 10.0. The first-order valence-electron chi connectivity index (χ1n) is 13.9. The number of hydrogen-bond acceptors (Lipinski definition) is 4. The molecule has 0 heterocycles. The van der Waals surface area contributed by atoms with E-state index in [0.717, 1.165) is 49.5 Å². The van der Waals surface area contributed by atoms with Gasteiger partial charge in [0.2, 0.25) is 0 Å². The summed E-state index contributed by atoms with van der Waals surface area (Å²) in [5.41, 5.74) is -0.230. The number of rotatable bonds is 5. The highest BCUT2D eigenvalue weighted by Crippen LogP contribution is 2.65. The Bertz CT molecular complexity index is 1040. The van der Waals surface area contributed by atoms with Gasteiger partial charge in [-0.1, -0.05) is 6.92 Å². The number of halogens is 1. The molecule has 9 atom stereocenters. The second kappa shape index (κ2) is 9.72. The fraction of sp³-hybridized carbons (Fsp3) is 0.733. The van der Waals surface area contributed by atoms with Gasteiger partial charge in [0.05, 0.1) is 29.4 Å². The molecule has 5 nitrogen and oxygen atoms in total. The molecule has 4 saturated carbocycles. The van der Waals surface area contributed by atoms with Crippen molar-refractivity contribution >= 4 is 5.91 Å². The Morgan fingerprint density at radius 1 is 1.19 bits per heavy atom. The van der Waals surface area contributed by atoms with E-state index in [1.54, 1.807) is 7.11 Å². The van der Waals surface area contributed by atoms with E-state index in [-0.39, 0.29) is 22.6 Å². The summed E-state index contributed by atoms with van der Waals surface area (Å²) in [6.45, 7) is 4.97. The van der Waals surface area contributed by atoms with Crippen molar-refractivity contribution < 1.29 is 19.0 Å². The highest BCUT2D eigenvalue weighted by atomic mass is 19.1. The van der Waals surface area contributed by atoms with Gasteiger partial charge in [0, 0.05) is 13.2 Å². The molecule has 0 aliphatic heterocycles. The van der Waals surface area contributed by atoms with E-state index in [1.807, 2.05) is 6.07 Å². The lowest BCUT2D eigenvalue weighted by molar-refractivity contribution is -0.125. The van der Waals surface area contributed by atoms with Crippen molar-refractivity contribution in [3.8, 4) is 6.07 Å². The van der Waals surface area contributed by atoms with E-state index < -0.39 is 17.3 Å². The molecular weight excluding hydrogens is 455 g/mol. The number of hydrogen-bond donors (Lipinski definition) is 2. The minimum absolute atomic E-state index is 0.00770. The van der Waals surface area contributed by atoms with Crippen molar-refractivity contribution in [1.82, 2.24) is 5.32 Å². The number of benzene rings is 1. The minimum atomic E-state index is -0.646. The van der Waals surface area contributed by atoms with Crippen LogP contribution in [-0.4, -0.2) is 36.4 Å². The molecule has 5 rings (SSSR count). The van der Waals surface area contributed by atoms with E-state index in [0.29, 0.717) is 24.4 Å². The molecule has 6 heteroatoms. The lowest BCUT2D eigenvalue weighted by Crippen LogP contribution is -2.53. The predicted molar refractivity (Wildman–Crippen MR) is 135 cm³/mol. The molecule has 0 radical (unpaired) electrons. The third-order valence-corrected chi connectivity index (χ3v) is 10.9. The quantitative estimate of drug-likeness (QED) is 0.567. The molecule has 1 aromatic rings. The maximum Gasteiger partial charge on any atom is 0.254 e. The first kappa shape index (κ1) is 25.7. The predicted octanol–water partition coefficient (Wildman–Crippen LogP) is 5.46. The van der Waals surface area contributed by atoms with Crippen molar-refractivity contribution in [3.63, 3.8) is 0 Å². The van der Waals surface area contributed by atoms with Crippen LogP contribution in [0.3, 0.4) is 0 Å². The average molecular weight is 497 g/mol. The number of fused-ring (bicyclic) bond motifs is 5. The molecule has 0 saturated heterocycles. The standard InChI is InChI=1S/C30H41FN2O3/c1-18(33-28(34)24-6-4-19(16-32)14-27(24)31)25-8-9-26-23-7-5-20-15-30(35,17-36-3)13-11-21(20)22(23)10-12-29(25,26)2/h4,6,14,18,20-23,25-26,35H,5,7-13,15,17H2,1-3H3,(H,33,34)/t18-,20-,21+,22-,23-,25?,26+,29-,30-/m1/s1. The number of nitrogens with one attached hydrogen (secondary N) is 1. The summed E-state index contributed by atoms with van der Waals surface area (Å²) in [5.74, 6) is 2.85. The third-order valence-electron chi connectivity index (χ3n) is 10.9. The topological polar surface area (TPSA) is 82.3 Å². The zero-order chi connectivity index (χ0) is 25.7. The van der Waals surface area contributed by atoms with Gasteiger partial charge in [0.25, 0.3) is 5.91 Å². The van der Waals surface area contributed by atoms with Gasteiger partial charge in [-0.3, -0.25) is 4.79 Å². The average Bonchev–Trinajstić information content (AvgIpc) is 3.20. The van der Waals surface area contributed by atoms with Gasteiger partial charge in [-0.25, -0.2) is 4.39 Å². The number of methoxy groups -OCH3 is 1. The van der Waals surface area contributed by atoms with Gasteiger partial charge in [0.15, 0.2) is 0 Å². The van der Waals surface area contributed by atoms with Gasteiger partial charge >= 0.3 is 0 Å². The Morgan fingerprint density at radius 2 is 1.97 bits per heavy atom. The van der Waals surface area contributed by atoms with Crippen LogP contribution in [0.5, 0.6) is 0 Å². The normalized spacial score (nSPS) is 40.3. The first-order valence-corrected chi connectivity index (χ1v) is 13.9. The van der Waals surface area contributed by atoms with Gasteiger partial charge < -0.3 is 15.2 Å². The molecule has 1 amide bonds. The molecule has 0 spiro atoms. The smallest absolute Gasteiger partial charge is 0.254 e. The third kappa shape index (κ3) is 4.37. The van der Waals surface area contributed by atoms with E-state index in [4.69, 9.17) is 10.00 Å². The Hall–Kier alpha value is -1.97. The molecule has 1 aromatic carbocycles. The molecule has 0 bridgehead atoms. The van der Waals surface area contributed by atoms with E-state index in [2.05, 4.69) is 19.2 Å². The minimum Gasteiger partial charge on any atom is -0.387 e. The van der Waals surface area contributed by atoms with Crippen LogP contribution in [0.15, 0.2) is 18.2 Å². The van der Waals surface area contributed by atoms with Gasteiger partial charge in [-0.15, -0.1) is 0 Å². The van der Waals surface area contributed by atoms with Crippen LogP contribution in [0, 0.1) is 58.1 Å². The van der Waals surface area contributed by atoms with Gasteiger partial charge in [-0.2, -0.15) is 5.26 Å². The van der Waals surface area contributed by atoms with Crippen LogP contribution in [-0.2, 0) is 4.74 Å². The van der Waals surface area contributed by atoms with Crippen LogP contribution >= 0.6 is 0 Å². The van der Waals surface area contributed by atoms with E-state index in [9.17, 15) is 14.3 Å². The van der Waals surface area contributed by atoms with Gasteiger partial charge in [-0.05, 0) is 124 Å². The number of carbonyl (C=O) groups is 1. The Kier molecular flexibility index (Phi) is 6.93. The SMILES string of the molecule is COC[C@@]1(O)CC[C@H]2[C@H](CC[C@@H]3[C@@H]2CC[C@]2(C)C([C@@H](C)NC(=O)c4ccc(C#N)cc4F)CC[C@@H]32)C1. The molecular formula is C30H41FN2O3. The largest absolute Gasteiger partial charge is 0.387 e. The lowest BCUT2D eigenvalue weighted by Gasteiger charge is -2.57. The molecule has 0 aromatic heterocycles. The number of ether oxygens (including phenoxy) is 1. The molecule has 2 N–H and O–H groups in total. The highest BCUT2D eigenvalue weighted by molar-refractivity contribution is 5.94. The van der Waals surface area contributed by atoms with E-state index in [1.165, 1.54) is 44.2 Å². The molecule has 36 heavy (non-hydrogen) atoms. The number of carbonyl (C=O) groups excluding carboxylic acids is 1. The van der Waals surface area contributed by atoms with Crippen LogP contribution in [0.25, 0.3) is 0 Å². The van der Waals surface area contributed by atoms with E-state index >= 15 is 0 Å². The Labute approximate surface area is 214 Å². The van der Waals surface area contributed by atoms with Crippen molar-refractivity contribution in [2.24, 2.45) is 40.9 Å². The summed E-state index contributed by atoms with van der Waals surface area (Å²) >= 11 is 0. The zero-order valence-corrected chi connectivity index (χ0v) is 21.9. The van der Waals surface area contributed by atoms with Crippen LogP contribution in [0.2, 0.25) is 0 Å². The highest BCUT2D eigenvalue weighted by Gasteiger charge is 2.58. The van der Waals surface area contributed by atoms with Crippen LogP contribution < -0.4 is 5.32 Å². The summed E-state index contributed by atoms with van der Waals surface area (Å²) in [4.78, 5) is 12.9. The number of nitrogens with zero attached hydrogens (tertiary/aromatic N) is 1. The zero-order valence-electron chi connectivity index (χ0n) is 21.9. The summed E-state index contributed by atoms with van der Waals surface area (Å²) < 4.78 is 19.8. The van der Waals surface area contributed by atoms with Crippen LogP contribution in [0.1, 0.15) is 87.6 Å². The Morgan fingerprint density at radius 3 is 2.69 bits per heavy atom. The Balaban J connectivity index is 1.26. The second-order valence-electron chi connectivity index (χ2n) is 12.6. The summed E-state index contributed by atoms with van der Waals surface area (Å²) in [6, 6.07) is 5.92. The number of amides is 1. The number of aliphatic hydroxyl groups is 1. The van der Waals surface area contributed by atoms with Crippen molar-refractivity contribution in [2.75, 3.05) is 13.7 Å². The summed E-state index contributed by atoms with van der Waals surface area (Å²) in [7, 11) is 1.68. The molecule has 1 unspecified atom stereocenters. The molecule has 4 aliphatic carbocycles. The van der Waals surface area contributed by atoms with Gasteiger partial charge in [0.1, 0.15) is 5.82 Å². The fourth-order valence-corrected chi connectivity index (χ4v) is 9.38. The maximum absolute atomic E-state index is 14.4. The number of nitriles is 1. The van der Waals surface area contributed by atoms with Crippen molar-refractivity contribution in [1.29, 1.82) is 5.26 Å². The van der Waals surface area contributed by atoms with Crippen molar-refractivity contribution in [2.45, 2.75) is 83.3 Å². The second-order valence-corrected chi connectivity index (χ2v) is 12.6. The maximum atomic E-state index is 14.4. The molecule has 4 aliphatic rings. The lowest BCUT2D eigenvalue weighted by atomic mass is 9.48. The van der Waals surface area contributed by atoms with Crippen LogP contribution in [0.4, 0.5) is 4.39 Å². The molecule has 196 valence electrons.